The van der Waals surface area contributed by atoms with Crippen molar-refractivity contribution in [1.29, 1.82) is 0 Å². The van der Waals surface area contributed by atoms with Crippen molar-refractivity contribution in [2.45, 2.75) is 173 Å². The number of benzene rings is 2. The molecule has 0 saturated heterocycles. The van der Waals surface area contributed by atoms with E-state index in [2.05, 4.69) is 150 Å². The van der Waals surface area contributed by atoms with E-state index in [0.717, 1.165) is 68.2 Å². The van der Waals surface area contributed by atoms with Gasteiger partial charge in [0, 0.05) is 54.6 Å². The van der Waals surface area contributed by atoms with E-state index in [0.29, 0.717) is 21.7 Å². The maximum Gasteiger partial charge on any atom is 0.223 e. The van der Waals surface area contributed by atoms with E-state index in [1.54, 1.807) is 13.2 Å². The Labute approximate surface area is 433 Å². The van der Waals surface area contributed by atoms with Gasteiger partial charge in [-0.3, -0.25) is 4.74 Å². The van der Waals surface area contributed by atoms with Gasteiger partial charge in [0.05, 0.1) is 33.8 Å². The summed E-state index contributed by atoms with van der Waals surface area (Å²) in [5, 5.41) is 5.28. The molecular formula is C52H79Cl3N9O2PSi2. The number of hydrogen-bond acceptors (Lipinski definition) is 11. The molecule has 2 fully saturated rings. The van der Waals surface area contributed by atoms with Crippen molar-refractivity contribution in [2.24, 2.45) is 21.9 Å². The monoisotopic (exact) mass is 1050 g/mol. The van der Waals surface area contributed by atoms with Crippen LogP contribution in [0.1, 0.15) is 121 Å². The van der Waals surface area contributed by atoms with Crippen LogP contribution in [0.4, 0.5) is 5.95 Å². The van der Waals surface area contributed by atoms with Crippen LogP contribution in [-0.2, 0) is 21.7 Å². The smallest absolute Gasteiger partial charge is 0.223 e. The lowest BCUT2D eigenvalue weighted by Gasteiger charge is -2.42. The van der Waals surface area contributed by atoms with Gasteiger partial charge < -0.3 is 31.4 Å². The predicted octanol–water partition coefficient (Wildman–Crippen LogP) is 13.4. The summed E-state index contributed by atoms with van der Waals surface area (Å²) in [5.41, 5.74) is 27.0. The number of aromatic nitrogens is 4. The summed E-state index contributed by atoms with van der Waals surface area (Å²) in [6.45, 7) is 22.8. The van der Waals surface area contributed by atoms with E-state index < -0.39 is 16.6 Å². The van der Waals surface area contributed by atoms with Crippen LogP contribution in [0.5, 0.6) is 0 Å². The molecule has 0 bridgehead atoms. The highest BCUT2D eigenvalue weighted by atomic mass is 35.5. The summed E-state index contributed by atoms with van der Waals surface area (Å²) < 4.78 is 16.4. The van der Waals surface area contributed by atoms with Gasteiger partial charge in [-0.1, -0.05) is 133 Å². The zero-order chi connectivity index (χ0) is 50.2. The van der Waals surface area contributed by atoms with Crippen molar-refractivity contribution < 1.29 is 8.85 Å². The Balaban J connectivity index is 0.000000237. The third kappa shape index (κ3) is 16.0. The molecule has 7 N–H and O–H groups in total. The minimum Gasteiger partial charge on any atom is -0.414 e. The van der Waals surface area contributed by atoms with Gasteiger partial charge in [-0.15, -0.1) is 0 Å². The molecule has 0 radical (unpaired) electrons. The molecule has 2 aromatic heterocycles. The molecule has 0 aliphatic heterocycles. The van der Waals surface area contributed by atoms with Gasteiger partial charge >= 0.3 is 0 Å². The molecule has 1 unspecified atom stereocenters. The van der Waals surface area contributed by atoms with Crippen LogP contribution in [0.15, 0.2) is 77.8 Å². The second kappa shape index (κ2) is 25.2. The van der Waals surface area contributed by atoms with Crippen molar-refractivity contribution in [2.75, 3.05) is 12.4 Å². The van der Waals surface area contributed by atoms with Gasteiger partial charge in [0.1, 0.15) is 0 Å². The van der Waals surface area contributed by atoms with Gasteiger partial charge in [-0.05, 0) is 131 Å². The maximum atomic E-state index is 6.69. The van der Waals surface area contributed by atoms with Crippen LogP contribution in [0.3, 0.4) is 0 Å². The highest BCUT2D eigenvalue weighted by molar-refractivity contribution is 7.03. The number of rotatable bonds is 8. The lowest BCUT2D eigenvalue weighted by molar-refractivity contribution is 0.118. The Morgan fingerprint density at radius 3 is 1.51 bits per heavy atom. The number of anilines is 1. The Bertz CT molecular complexity index is 2400. The van der Waals surface area contributed by atoms with E-state index in [1.165, 1.54) is 28.5 Å². The zero-order valence-electron chi connectivity index (χ0n) is 42.0. The molecule has 6 atom stereocenters. The summed E-state index contributed by atoms with van der Waals surface area (Å²) in [6, 6.07) is 17.3. The van der Waals surface area contributed by atoms with Gasteiger partial charge in [-0.2, -0.15) is 0 Å². The van der Waals surface area contributed by atoms with Crippen LogP contribution in [-0.4, -0.2) is 80.0 Å². The number of allylic oxidation sites excluding steroid dienone is 2. The van der Waals surface area contributed by atoms with Crippen molar-refractivity contribution in [1.82, 2.24) is 19.9 Å². The fourth-order valence-electron chi connectivity index (χ4n) is 8.52. The van der Waals surface area contributed by atoms with Crippen LogP contribution >= 0.6 is 43.8 Å². The Morgan fingerprint density at radius 1 is 0.638 bits per heavy atom. The van der Waals surface area contributed by atoms with Crippen molar-refractivity contribution >= 4 is 77.6 Å². The first-order valence-corrected chi connectivity index (χ1v) is 31.1. The van der Waals surface area contributed by atoms with Crippen LogP contribution in [0.2, 0.25) is 51.6 Å². The molecule has 11 nitrogen and oxygen atoms in total. The standard InChI is InChI=1S/C25H35ClN4OSi.C13H8Cl2N2.C12H28N2OSi.CH4NP.CH4/c1-25(2,3)32(4,5)31-19-13-17(27)12-18(14-19)29-24-28-15-22(26)23(30-24)21-11-10-16-8-6-7-9-20(16)21;14-11-7-16-13(15)17-12(11)10-6-5-8-3-1-2-4-9(8)10;1-12(2,3)16(4,5)15-11-7-9(13)6-10(14)8-11;1-2-3;/h6-9,11,15,17-19H,10,12-14,27H2,1-5H3,(H,28,29,30);1-4,6-7H,5H2;9-11H,6-8,13-14H2,1-5H3;3H,1H3;1H4/t17-,18+,19+;;9-,10+,11?;;/m1..../s1. The van der Waals surface area contributed by atoms with Crippen LogP contribution in [0, 0.1) is 0 Å². The van der Waals surface area contributed by atoms with E-state index in [9.17, 15) is 0 Å². The molecule has 0 amide bonds. The molecule has 8 rings (SSSR count). The third-order valence-corrected chi connectivity index (χ3v) is 23.7. The average Bonchev–Trinajstić information content (AvgIpc) is 3.86. The van der Waals surface area contributed by atoms with E-state index in [-0.39, 0.29) is 59.2 Å². The molecule has 17 heteroatoms. The number of nitrogens with two attached hydrogens (primary N) is 3. The van der Waals surface area contributed by atoms with E-state index in [4.69, 9.17) is 65.8 Å². The second-order valence-electron chi connectivity index (χ2n) is 21.4. The molecule has 0 spiro atoms. The maximum absolute atomic E-state index is 6.69. The molecule has 2 saturated carbocycles. The van der Waals surface area contributed by atoms with Gasteiger partial charge in [0.25, 0.3) is 0 Å². The van der Waals surface area contributed by atoms with Gasteiger partial charge in [0.15, 0.2) is 16.6 Å². The topological polar surface area (TPSA) is 172 Å². The summed E-state index contributed by atoms with van der Waals surface area (Å²) >= 11 is 18.5. The molecule has 378 valence electrons. The van der Waals surface area contributed by atoms with Crippen LogP contribution < -0.4 is 22.5 Å². The molecule has 2 heterocycles. The van der Waals surface area contributed by atoms with Gasteiger partial charge in [0.2, 0.25) is 11.2 Å². The minimum absolute atomic E-state index is 0. The SMILES string of the molecule is C.CC(C)(C)[Si](C)(C)OC1C[C@@H](N)C[C@@H](N)C1.CC(C)(C)[Si](C)(C)O[C@H]1C[C@H](N)C[C@H](Nc2ncc(Cl)c(C3=CCc4ccccc43)n2)C1.CN=P.Clc1ncc(Cl)c(C2=CCc3ccccc32)n1. The lowest BCUT2D eigenvalue weighted by atomic mass is 9.89. The summed E-state index contributed by atoms with van der Waals surface area (Å²) in [4.78, 5) is 17.4. The quantitative estimate of drug-likeness (QED) is 0.0756. The van der Waals surface area contributed by atoms with Crippen molar-refractivity contribution in [3.05, 3.63) is 122 Å². The second-order valence-corrected chi connectivity index (χ2v) is 32.6. The number of nitrogens with zero attached hydrogens (tertiary/aromatic N) is 5. The average molecular weight is 1060 g/mol. The zero-order valence-corrected chi connectivity index (χ0v) is 47.2. The molecule has 69 heavy (non-hydrogen) atoms. The van der Waals surface area contributed by atoms with E-state index in [1.807, 2.05) is 12.1 Å². The largest absolute Gasteiger partial charge is 0.414 e. The number of fused-ring (bicyclic) bond motifs is 2. The first-order valence-electron chi connectivity index (χ1n) is 23.7. The molecule has 4 aromatic rings. The van der Waals surface area contributed by atoms with Gasteiger partial charge in [-0.25, -0.2) is 19.9 Å². The normalized spacial score (nSPS) is 22.0. The molecule has 4 aliphatic rings. The highest BCUT2D eigenvalue weighted by Gasteiger charge is 2.42. The van der Waals surface area contributed by atoms with Crippen molar-refractivity contribution in [3.8, 4) is 0 Å². The highest BCUT2D eigenvalue weighted by Crippen LogP contribution is 2.41. The minimum atomic E-state index is -1.85. The molecule has 4 aliphatic carbocycles. The summed E-state index contributed by atoms with van der Waals surface area (Å²) in [7, 11) is 0.959. The lowest BCUT2D eigenvalue weighted by Crippen LogP contribution is -2.49. The first-order chi connectivity index (χ1) is 31.8. The van der Waals surface area contributed by atoms with E-state index >= 15 is 0 Å². The van der Waals surface area contributed by atoms with Crippen LogP contribution in [0.25, 0.3) is 11.1 Å². The Kier molecular flexibility index (Phi) is 21.4. The fraction of sp³-hybridized carbons (Fsp3) is 0.538. The Hall–Kier alpha value is -2.92. The number of nitrogens with one attached hydrogen (secondary N) is 1. The number of halogens is 3. The third-order valence-electron chi connectivity index (χ3n) is 13.9. The molecule has 2 aromatic carbocycles. The summed E-state index contributed by atoms with van der Waals surface area (Å²) in [5.74, 6) is 0.597. The Morgan fingerprint density at radius 2 is 1.04 bits per heavy atom. The van der Waals surface area contributed by atoms with Crippen molar-refractivity contribution in [3.63, 3.8) is 0 Å². The molecular weight excluding hydrogens is 976 g/mol. The fourth-order valence-corrected chi connectivity index (χ4v) is 11.8. The number of hydrogen-bond donors (Lipinski definition) is 4. The summed E-state index contributed by atoms with van der Waals surface area (Å²) in [6.07, 6.45) is 15.4. The first kappa shape index (κ1) is 58.7. The predicted molar refractivity (Wildman–Crippen MR) is 300 cm³/mol.